The maximum Gasteiger partial charge on any atom is 0.272 e. The van der Waals surface area contributed by atoms with Crippen LogP contribution < -0.4 is 5.32 Å². The Morgan fingerprint density at radius 1 is 1.09 bits per heavy atom. The van der Waals surface area contributed by atoms with Crippen LogP contribution in [0.25, 0.3) is 0 Å². The van der Waals surface area contributed by atoms with Crippen molar-refractivity contribution in [2.45, 2.75) is 39.4 Å². The number of amides is 1. The number of nitrogens with one attached hydrogen (secondary N) is 1. The molecule has 1 aliphatic rings. The van der Waals surface area contributed by atoms with Crippen molar-refractivity contribution in [3.05, 3.63) is 82.1 Å². The van der Waals surface area contributed by atoms with Crippen LogP contribution in [0.1, 0.15) is 47.9 Å². The summed E-state index contributed by atoms with van der Waals surface area (Å²) in [5, 5.41) is 7.98. The molecule has 0 aliphatic carbocycles. The fourth-order valence-electron chi connectivity index (χ4n) is 4.28. The molecule has 1 aliphatic heterocycles. The number of carbonyl (C=O) groups is 1. The Balaban J connectivity index is 1.62. The Kier molecular flexibility index (Phi) is 7.83. The Labute approximate surface area is 204 Å². The van der Waals surface area contributed by atoms with Crippen molar-refractivity contribution in [3.8, 4) is 0 Å². The summed E-state index contributed by atoms with van der Waals surface area (Å²) in [6.45, 7) is 8.87. The number of anilines is 1. The molecule has 0 bridgehead atoms. The third-order valence-corrected chi connectivity index (χ3v) is 6.49. The second kappa shape index (κ2) is 11.0. The third kappa shape index (κ3) is 6.03. The van der Waals surface area contributed by atoms with Gasteiger partial charge in [0.15, 0.2) is 0 Å². The van der Waals surface area contributed by atoms with Crippen LogP contribution >= 0.6 is 15.9 Å². The zero-order chi connectivity index (χ0) is 23.2. The monoisotopic (exact) mass is 509 g/mol. The largest absolute Gasteiger partial charge is 0.385 e. The van der Waals surface area contributed by atoms with Gasteiger partial charge in [0.2, 0.25) is 0 Å². The van der Waals surface area contributed by atoms with Gasteiger partial charge in [0.05, 0.1) is 0 Å². The molecular weight excluding hydrogens is 478 g/mol. The first-order valence-electron chi connectivity index (χ1n) is 11.6. The molecule has 2 heterocycles. The standard InChI is InChI=1S/C26H32BrN5O/c1-20(2)32-25(11-13-29-32)26(33)31-16-15-30(18-21-7-4-3-5-8-21)14-6-12-28-24-10-9-23(27)17-22(24)19-31/h3-5,7-11,13,17,20,28H,6,12,14-16,18-19H2,1-2H3. The number of fused-ring (bicyclic) bond motifs is 1. The number of aromatic nitrogens is 2. The van der Waals surface area contributed by atoms with Gasteiger partial charge in [-0.2, -0.15) is 5.10 Å². The van der Waals surface area contributed by atoms with Gasteiger partial charge in [-0.15, -0.1) is 0 Å². The van der Waals surface area contributed by atoms with E-state index in [0.717, 1.165) is 48.3 Å². The van der Waals surface area contributed by atoms with Crippen molar-refractivity contribution in [2.75, 3.05) is 31.5 Å². The fraction of sp³-hybridized carbons (Fsp3) is 0.385. The Hall–Kier alpha value is -2.64. The molecule has 0 radical (unpaired) electrons. The van der Waals surface area contributed by atoms with Gasteiger partial charge in [-0.05, 0) is 55.7 Å². The molecule has 1 N–H and O–H groups in total. The molecule has 0 saturated carbocycles. The highest BCUT2D eigenvalue weighted by Gasteiger charge is 2.23. The number of halogens is 1. The predicted octanol–water partition coefficient (Wildman–Crippen LogP) is 5.19. The minimum atomic E-state index is 0.0195. The minimum Gasteiger partial charge on any atom is -0.385 e. The SMILES string of the molecule is CC(C)n1nccc1C(=O)N1CCN(Cc2ccccc2)CCCNc2ccc(Br)cc2C1. The lowest BCUT2D eigenvalue weighted by Crippen LogP contribution is -2.39. The Morgan fingerprint density at radius 2 is 1.91 bits per heavy atom. The van der Waals surface area contributed by atoms with E-state index in [9.17, 15) is 4.79 Å². The van der Waals surface area contributed by atoms with E-state index in [1.54, 1.807) is 6.20 Å². The predicted molar refractivity (Wildman–Crippen MR) is 136 cm³/mol. The van der Waals surface area contributed by atoms with E-state index in [4.69, 9.17) is 0 Å². The van der Waals surface area contributed by atoms with Crippen LogP contribution in [-0.4, -0.2) is 51.7 Å². The lowest BCUT2D eigenvalue weighted by atomic mass is 10.1. The Morgan fingerprint density at radius 3 is 2.70 bits per heavy atom. The van der Waals surface area contributed by atoms with Crippen molar-refractivity contribution < 1.29 is 4.79 Å². The van der Waals surface area contributed by atoms with Crippen LogP contribution in [0.4, 0.5) is 5.69 Å². The molecule has 1 aromatic heterocycles. The summed E-state index contributed by atoms with van der Waals surface area (Å²) < 4.78 is 2.83. The average molecular weight is 510 g/mol. The topological polar surface area (TPSA) is 53.4 Å². The van der Waals surface area contributed by atoms with Crippen molar-refractivity contribution >= 4 is 27.5 Å². The molecule has 6 nitrogen and oxygen atoms in total. The lowest BCUT2D eigenvalue weighted by molar-refractivity contribution is 0.0705. The summed E-state index contributed by atoms with van der Waals surface area (Å²) in [4.78, 5) is 18.1. The maximum absolute atomic E-state index is 13.7. The molecule has 3 aromatic rings. The summed E-state index contributed by atoms with van der Waals surface area (Å²) in [5.41, 5.74) is 4.14. The summed E-state index contributed by atoms with van der Waals surface area (Å²) in [5.74, 6) is 0.0195. The van der Waals surface area contributed by atoms with Gasteiger partial charge >= 0.3 is 0 Å². The van der Waals surface area contributed by atoms with Crippen LogP contribution in [0.2, 0.25) is 0 Å². The highest BCUT2D eigenvalue weighted by molar-refractivity contribution is 9.10. The van der Waals surface area contributed by atoms with Gasteiger partial charge in [0.25, 0.3) is 5.91 Å². The first-order chi connectivity index (χ1) is 16.0. The van der Waals surface area contributed by atoms with Gasteiger partial charge in [-0.3, -0.25) is 14.4 Å². The molecule has 33 heavy (non-hydrogen) atoms. The molecule has 7 heteroatoms. The average Bonchev–Trinajstić information content (AvgIpc) is 3.29. The summed E-state index contributed by atoms with van der Waals surface area (Å²) in [6, 6.07) is 18.8. The lowest BCUT2D eigenvalue weighted by Gasteiger charge is -2.28. The minimum absolute atomic E-state index is 0.0195. The van der Waals surface area contributed by atoms with Gasteiger partial charge in [-0.1, -0.05) is 46.3 Å². The number of benzene rings is 2. The van der Waals surface area contributed by atoms with Crippen LogP contribution in [0.3, 0.4) is 0 Å². The van der Waals surface area contributed by atoms with Crippen molar-refractivity contribution in [3.63, 3.8) is 0 Å². The number of rotatable bonds is 4. The molecule has 2 aromatic carbocycles. The molecule has 0 spiro atoms. The van der Waals surface area contributed by atoms with Crippen LogP contribution in [-0.2, 0) is 13.1 Å². The van der Waals surface area contributed by atoms with Crippen molar-refractivity contribution in [2.24, 2.45) is 0 Å². The summed E-state index contributed by atoms with van der Waals surface area (Å²) >= 11 is 3.61. The molecule has 0 atom stereocenters. The highest BCUT2D eigenvalue weighted by atomic mass is 79.9. The van der Waals surface area contributed by atoms with E-state index in [-0.39, 0.29) is 11.9 Å². The van der Waals surface area contributed by atoms with Gasteiger partial charge in [0.1, 0.15) is 5.69 Å². The second-order valence-corrected chi connectivity index (χ2v) is 9.74. The van der Waals surface area contributed by atoms with Crippen molar-refractivity contribution in [1.82, 2.24) is 19.6 Å². The van der Waals surface area contributed by atoms with E-state index >= 15 is 0 Å². The second-order valence-electron chi connectivity index (χ2n) is 8.83. The quantitative estimate of drug-likeness (QED) is 0.525. The van der Waals surface area contributed by atoms with E-state index in [1.807, 2.05) is 27.8 Å². The number of nitrogens with zero attached hydrogens (tertiary/aromatic N) is 4. The number of hydrogen-bond donors (Lipinski definition) is 1. The number of hydrogen-bond acceptors (Lipinski definition) is 4. The normalized spacial score (nSPS) is 15.6. The van der Waals surface area contributed by atoms with E-state index in [2.05, 4.69) is 81.5 Å². The van der Waals surface area contributed by atoms with Crippen molar-refractivity contribution in [1.29, 1.82) is 0 Å². The van der Waals surface area contributed by atoms with Crippen LogP contribution in [0, 0.1) is 0 Å². The van der Waals surface area contributed by atoms with E-state index in [1.165, 1.54) is 5.56 Å². The van der Waals surface area contributed by atoms with E-state index < -0.39 is 0 Å². The summed E-state index contributed by atoms with van der Waals surface area (Å²) in [7, 11) is 0. The van der Waals surface area contributed by atoms with Crippen LogP contribution in [0.15, 0.2) is 65.3 Å². The molecular formula is C26H32BrN5O. The molecule has 0 unspecified atom stereocenters. The highest BCUT2D eigenvalue weighted by Crippen LogP contribution is 2.24. The first-order valence-corrected chi connectivity index (χ1v) is 12.4. The smallest absolute Gasteiger partial charge is 0.272 e. The first kappa shape index (κ1) is 23.5. The zero-order valence-corrected chi connectivity index (χ0v) is 21.0. The zero-order valence-electron chi connectivity index (χ0n) is 19.4. The molecule has 0 fully saturated rings. The van der Waals surface area contributed by atoms with E-state index in [0.29, 0.717) is 18.8 Å². The summed E-state index contributed by atoms with van der Waals surface area (Å²) in [6.07, 6.45) is 2.75. The molecule has 4 rings (SSSR count). The number of carbonyl (C=O) groups excluding carboxylic acids is 1. The third-order valence-electron chi connectivity index (χ3n) is 6.00. The fourth-order valence-corrected chi connectivity index (χ4v) is 4.69. The van der Waals surface area contributed by atoms with Gasteiger partial charge in [0, 0.05) is 61.7 Å². The van der Waals surface area contributed by atoms with Gasteiger partial charge < -0.3 is 10.2 Å². The molecule has 0 saturated heterocycles. The Bertz CT molecular complexity index is 1070. The van der Waals surface area contributed by atoms with Gasteiger partial charge in [-0.25, -0.2) is 0 Å². The maximum atomic E-state index is 13.7. The van der Waals surface area contributed by atoms with Crippen LogP contribution in [0.5, 0.6) is 0 Å². The molecule has 174 valence electrons. The molecule has 1 amide bonds.